The van der Waals surface area contributed by atoms with Crippen molar-refractivity contribution >= 4 is 13.3 Å². The molecule has 1 aromatic rings. The highest BCUT2D eigenvalue weighted by Crippen LogP contribution is 2.36. The first-order chi connectivity index (χ1) is 7.44. The molecule has 0 aliphatic rings. The molecule has 0 heterocycles. The number of rotatable bonds is 4. The summed E-state index contributed by atoms with van der Waals surface area (Å²) < 4.78 is 0. The predicted octanol–water partition coefficient (Wildman–Crippen LogP) is 4.28. The second-order valence-electron chi connectivity index (χ2n) is 5.32. The Kier molecular flexibility index (Phi) is 4.14. The molecule has 0 unspecified atom stereocenters. The molecule has 1 aromatic carbocycles. The summed E-state index contributed by atoms with van der Waals surface area (Å²) >= 11 is 0. The van der Waals surface area contributed by atoms with Gasteiger partial charge in [-0.2, -0.15) is 0 Å². The van der Waals surface area contributed by atoms with Crippen LogP contribution in [0.15, 0.2) is 42.1 Å². The highest BCUT2D eigenvalue weighted by atomic mass is 28.3. The summed E-state index contributed by atoms with van der Waals surface area (Å²) in [6.45, 7) is 15.9. The van der Waals surface area contributed by atoms with E-state index >= 15 is 0 Å². The van der Waals surface area contributed by atoms with Crippen LogP contribution in [0, 0.1) is 0 Å². The smallest absolute Gasteiger partial charge is 0.104 e. The van der Waals surface area contributed by atoms with Crippen molar-refractivity contribution in [3.05, 3.63) is 42.1 Å². The molecule has 0 saturated heterocycles. The molecule has 0 N–H and O–H groups in total. The molecular formula is C15H24Si. The minimum atomic E-state index is -1.60. The summed E-state index contributed by atoms with van der Waals surface area (Å²) in [6.07, 6.45) is 0. The Morgan fingerprint density at radius 1 is 1.00 bits per heavy atom. The molecule has 0 spiro atoms. The second-order valence-corrected chi connectivity index (χ2v) is 10.8. The van der Waals surface area contributed by atoms with Gasteiger partial charge in [0.15, 0.2) is 0 Å². The average Bonchev–Trinajstić information content (AvgIpc) is 2.18. The molecule has 0 bridgehead atoms. The Hall–Kier alpha value is -0.823. The van der Waals surface area contributed by atoms with E-state index in [1.807, 2.05) is 0 Å². The Bertz CT molecular complexity index is 341. The van der Waals surface area contributed by atoms with E-state index in [2.05, 4.69) is 71.5 Å². The van der Waals surface area contributed by atoms with Crippen molar-refractivity contribution in [1.82, 2.24) is 0 Å². The van der Waals surface area contributed by atoms with Gasteiger partial charge in [0.25, 0.3) is 0 Å². The Morgan fingerprint density at radius 2 is 1.44 bits per heavy atom. The molecule has 0 saturated carbocycles. The van der Waals surface area contributed by atoms with Crippen LogP contribution in [-0.4, -0.2) is 8.07 Å². The number of benzene rings is 1. The van der Waals surface area contributed by atoms with Gasteiger partial charge in [0.2, 0.25) is 0 Å². The fourth-order valence-electron chi connectivity index (χ4n) is 3.28. The van der Waals surface area contributed by atoms with Crippen molar-refractivity contribution in [3.8, 4) is 0 Å². The van der Waals surface area contributed by atoms with E-state index in [4.69, 9.17) is 0 Å². The van der Waals surface area contributed by atoms with Crippen LogP contribution >= 0.6 is 0 Å². The highest BCUT2D eigenvalue weighted by molar-refractivity contribution is 6.99. The van der Waals surface area contributed by atoms with Gasteiger partial charge in [-0.05, 0) is 18.0 Å². The highest BCUT2D eigenvalue weighted by Gasteiger charge is 2.42. The van der Waals surface area contributed by atoms with Crippen LogP contribution in [0.1, 0.15) is 34.6 Å². The molecule has 0 amide bonds. The van der Waals surface area contributed by atoms with Crippen LogP contribution in [0.2, 0.25) is 11.1 Å². The molecule has 0 aliphatic carbocycles. The Labute approximate surface area is 101 Å². The summed E-state index contributed by atoms with van der Waals surface area (Å²) in [5.41, 5.74) is 1.40. The molecule has 1 rings (SSSR count). The fourth-order valence-corrected chi connectivity index (χ4v) is 9.15. The van der Waals surface area contributed by atoms with Crippen LogP contribution in [0.5, 0.6) is 0 Å². The van der Waals surface area contributed by atoms with Gasteiger partial charge in [-0.1, -0.05) is 68.4 Å². The summed E-state index contributed by atoms with van der Waals surface area (Å²) in [4.78, 5) is 0. The first-order valence-corrected chi connectivity index (χ1v) is 8.31. The van der Waals surface area contributed by atoms with Crippen LogP contribution in [0.25, 0.3) is 0 Å². The van der Waals surface area contributed by atoms with E-state index in [1.165, 1.54) is 10.4 Å². The van der Waals surface area contributed by atoms with Gasteiger partial charge in [-0.25, -0.2) is 0 Å². The van der Waals surface area contributed by atoms with E-state index in [1.54, 1.807) is 0 Å². The first kappa shape index (κ1) is 13.2. The summed E-state index contributed by atoms with van der Waals surface area (Å²) in [6, 6.07) is 11.0. The third-order valence-electron chi connectivity index (χ3n) is 3.78. The zero-order valence-corrected chi connectivity index (χ0v) is 12.2. The van der Waals surface area contributed by atoms with Crippen molar-refractivity contribution in [2.45, 2.75) is 45.7 Å². The van der Waals surface area contributed by atoms with Gasteiger partial charge in [-0.15, -0.1) is 6.58 Å². The van der Waals surface area contributed by atoms with Crippen molar-refractivity contribution in [2.75, 3.05) is 0 Å². The van der Waals surface area contributed by atoms with Gasteiger partial charge in [0.05, 0.1) is 0 Å². The molecule has 0 nitrogen and oxygen atoms in total. The predicted molar refractivity (Wildman–Crippen MR) is 76.8 cm³/mol. The molecular weight excluding hydrogens is 208 g/mol. The molecule has 16 heavy (non-hydrogen) atoms. The number of hydrogen-bond donors (Lipinski definition) is 0. The van der Waals surface area contributed by atoms with Gasteiger partial charge >= 0.3 is 0 Å². The third kappa shape index (κ3) is 2.01. The van der Waals surface area contributed by atoms with E-state index in [0.717, 1.165) is 0 Å². The molecule has 0 aliphatic heterocycles. The molecule has 0 radical (unpaired) electrons. The fraction of sp³-hybridized carbons (Fsp3) is 0.467. The maximum Gasteiger partial charge on any atom is 0.117 e. The molecule has 1 heteroatoms. The molecule has 88 valence electrons. The van der Waals surface area contributed by atoms with Crippen molar-refractivity contribution < 1.29 is 0 Å². The minimum Gasteiger partial charge on any atom is -0.104 e. The monoisotopic (exact) mass is 232 g/mol. The first-order valence-electron chi connectivity index (χ1n) is 6.15. The van der Waals surface area contributed by atoms with Crippen LogP contribution in [0.4, 0.5) is 0 Å². The molecule has 0 aromatic heterocycles. The normalized spacial score (nSPS) is 12.2. The largest absolute Gasteiger partial charge is 0.117 e. The third-order valence-corrected chi connectivity index (χ3v) is 10.1. The molecule has 0 fully saturated rings. The summed E-state index contributed by atoms with van der Waals surface area (Å²) in [5.74, 6) is 0. The van der Waals surface area contributed by atoms with E-state index in [9.17, 15) is 0 Å². The van der Waals surface area contributed by atoms with Crippen molar-refractivity contribution in [1.29, 1.82) is 0 Å². The summed E-state index contributed by atoms with van der Waals surface area (Å²) in [5, 5.41) is 2.94. The number of allylic oxidation sites excluding steroid dienone is 1. The zero-order chi connectivity index (χ0) is 12.3. The minimum absolute atomic E-state index is 0.701. The van der Waals surface area contributed by atoms with Crippen molar-refractivity contribution in [3.63, 3.8) is 0 Å². The maximum absolute atomic E-state index is 4.31. The lowest BCUT2D eigenvalue weighted by Crippen LogP contribution is -2.54. The van der Waals surface area contributed by atoms with E-state index in [-0.39, 0.29) is 0 Å². The van der Waals surface area contributed by atoms with E-state index < -0.39 is 8.07 Å². The lowest BCUT2D eigenvalue weighted by molar-refractivity contribution is 0.917. The topological polar surface area (TPSA) is 0 Å². The molecule has 0 atom stereocenters. The Morgan fingerprint density at radius 3 is 1.75 bits per heavy atom. The maximum atomic E-state index is 4.31. The summed E-state index contributed by atoms with van der Waals surface area (Å²) in [7, 11) is -1.60. The SMILES string of the molecule is C=C(C)[Si](c1ccccc1)(C(C)C)C(C)C. The van der Waals surface area contributed by atoms with Gasteiger partial charge in [0, 0.05) is 0 Å². The van der Waals surface area contributed by atoms with Gasteiger partial charge in [-0.3, -0.25) is 0 Å². The standard InChI is InChI=1S/C15H24Si/c1-12(2)16(13(3)4,14(5)6)15-10-8-7-9-11-15/h7-11,13-14H,1H2,2-6H3. The number of hydrogen-bond acceptors (Lipinski definition) is 0. The van der Waals surface area contributed by atoms with Crippen LogP contribution < -0.4 is 5.19 Å². The van der Waals surface area contributed by atoms with Gasteiger partial charge < -0.3 is 0 Å². The van der Waals surface area contributed by atoms with Crippen LogP contribution in [0.3, 0.4) is 0 Å². The van der Waals surface area contributed by atoms with Gasteiger partial charge in [0.1, 0.15) is 8.07 Å². The lowest BCUT2D eigenvalue weighted by atomic mass is 10.4. The second kappa shape index (κ2) is 5.01. The lowest BCUT2D eigenvalue weighted by Gasteiger charge is -2.40. The zero-order valence-electron chi connectivity index (χ0n) is 11.2. The Balaban J connectivity index is 3.40. The van der Waals surface area contributed by atoms with Crippen molar-refractivity contribution in [2.24, 2.45) is 0 Å². The quantitative estimate of drug-likeness (QED) is 0.680. The average molecular weight is 232 g/mol. The van der Waals surface area contributed by atoms with E-state index in [0.29, 0.717) is 11.1 Å². The van der Waals surface area contributed by atoms with Crippen LogP contribution in [-0.2, 0) is 0 Å².